The van der Waals surface area contributed by atoms with E-state index in [9.17, 15) is 4.79 Å². The largest absolute Gasteiger partial charge is 0.497 e. The minimum atomic E-state index is -0.0689. The molecule has 0 atom stereocenters. The lowest BCUT2D eigenvalue weighted by Crippen LogP contribution is -2.12. The van der Waals surface area contributed by atoms with Crippen molar-refractivity contribution in [2.24, 2.45) is 5.92 Å². The number of hydrogen-bond acceptors (Lipinski definition) is 6. The highest BCUT2D eigenvalue weighted by Gasteiger charge is 2.09. The highest BCUT2D eigenvalue weighted by molar-refractivity contribution is 7.15. The first-order chi connectivity index (χ1) is 11.6. The van der Waals surface area contributed by atoms with E-state index >= 15 is 0 Å². The van der Waals surface area contributed by atoms with Crippen LogP contribution in [0.2, 0.25) is 0 Å². The summed E-state index contributed by atoms with van der Waals surface area (Å²) in [5, 5.41) is 12.4. The first-order valence-electron chi connectivity index (χ1n) is 7.96. The number of benzene rings is 1. The second kappa shape index (κ2) is 9.22. The maximum absolute atomic E-state index is 11.9. The summed E-state index contributed by atoms with van der Waals surface area (Å²) in [6, 6.07) is 7.37. The van der Waals surface area contributed by atoms with Gasteiger partial charge in [-0.05, 0) is 36.6 Å². The van der Waals surface area contributed by atoms with Crippen LogP contribution in [0.4, 0.5) is 5.13 Å². The monoisotopic (exact) mass is 349 g/mol. The Kier molecular flexibility index (Phi) is 6.99. The van der Waals surface area contributed by atoms with Gasteiger partial charge in [0.05, 0.1) is 13.7 Å². The molecule has 1 amide bonds. The summed E-state index contributed by atoms with van der Waals surface area (Å²) in [6.45, 7) is 4.74. The van der Waals surface area contributed by atoms with Crippen LogP contribution in [0, 0.1) is 5.92 Å². The molecule has 7 heteroatoms. The molecule has 0 saturated carbocycles. The van der Waals surface area contributed by atoms with E-state index in [0.717, 1.165) is 22.9 Å². The van der Waals surface area contributed by atoms with Gasteiger partial charge >= 0.3 is 0 Å². The average Bonchev–Trinajstić information content (AvgIpc) is 2.98. The molecule has 2 rings (SSSR count). The fraction of sp³-hybridized carbons (Fsp3) is 0.471. The lowest BCUT2D eigenvalue weighted by molar-refractivity contribution is -0.116. The molecular weight excluding hydrogens is 326 g/mol. The zero-order chi connectivity index (χ0) is 17.4. The van der Waals surface area contributed by atoms with Crippen LogP contribution >= 0.6 is 11.3 Å². The van der Waals surface area contributed by atoms with Gasteiger partial charge in [-0.25, -0.2) is 0 Å². The molecule has 1 aromatic heterocycles. The zero-order valence-corrected chi connectivity index (χ0v) is 15.1. The Morgan fingerprint density at radius 2 is 1.92 bits per heavy atom. The topological polar surface area (TPSA) is 73.3 Å². The first-order valence-corrected chi connectivity index (χ1v) is 8.77. The third kappa shape index (κ3) is 6.16. The molecule has 0 unspecified atom stereocenters. The van der Waals surface area contributed by atoms with Crippen molar-refractivity contribution in [3.8, 4) is 11.5 Å². The van der Waals surface area contributed by atoms with Crippen molar-refractivity contribution in [3.63, 3.8) is 0 Å². The summed E-state index contributed by atoms with van der Waals surface area (Å²) < 4.78 is 10.7. The molecule has 0 aliphatic heterocycles. The van der Waals surface area contributed by atoms with Crippen molar-refractivity contribution in [2.45, 2.75) is 33.1 Å². The van der Waals surface area contributed by atoms with Crippen LogP contribution < -0.4 is 14.8 Å². The summed E-state index contributed by atoms with van der Waals surface area (Å²) in [6.07, 6.45) is 1.90. The lowest BCUT2D eigenvalue weighted by Gasteiger charge is -2.06. The van der Waals surface area contributed by atoms with E-state index in [-0.39, 0.29) is 5.91 Å². The number of anilines is 1. The number of carbonyl (C=O) groups is 1. The molecule has 1 aromatic carbocycles. The predicted octanol–water partition coefficient (Wildman–Crippen LogP) is 3.54. The molecule has 130 valence electrons. The lowest BCUT2D eigenvalue weighted by atomic mass is 10.1. The van der Waals surface area contributed by atoms with Crippen LogP contribution in [0.5, 0.6) is 11.5 Å². The molecule has 0 saturated heterocycles. The summed E-state index contributed by atoms with van der Waals surface area (Å²) in [7, 11) is 1.62. The maximum Gasteiger partial charge on any atom is 0.226 e. The molecule has 24 heavy (non-hydrogen) atoms. The van der Waals surface area contributed by atoms with E-state index < -0.39 is 0 Å². The first kappa shape index (κ1) is 18.2. The molecule has 0 spiro atoms. The van der Waals surface area contributed by atoms with Gasteiger partial charge in [0, 0.05) is 12.8 Å². The van der Waals surface area contributed by atoms with Crippen LogP contribution in [0.15, 0.2) is 24.3 Å². The Labute approximate surface area is 146 Å². The van der Waals surface area contributed by atoms with Crippen molar-refractivity contribution in [1.82, 2.24) is 10.2 Å². The third-order valence-corrected chi connectivity index (χ3v) is 4.03. The number of nitrogens with zero attached hydrogens (tertiary/aromatic N) is 2. The van der Waals surface area contributed by atoms with Crippen LogP contribution in [-0.4, -0.2) is 29.8 Å². The molecule has 0 radical (unpaired) electrons. The van der Waals surface area contributed by atoms with Crippen molar-refractivity contribution < 1.29 is 14.3 Å². The highest BCUT2D eigenvalue weighted by Crippen LogP contribution is 2.19. The molecular formula is C17H23N3O3S. The van der Waals surface area contributed by atoms with Crippen molar-refractivity contribution in [1.29, 1.82) is 0 Å². The van der Waals surface area contributed by atoms with Gasteiger partial charge < -0.3 is 14.8 Å². The summed E-state index contributed by atoms with van der Waals surface area (Å²) in [5.41, 5.74) is 0. The standard InChI is InChI=1S/C17H23N3O3S/c1-12(2)11-16-19-20-17(24-16)18-15(21)5-4-10-23-14-8-6-13(22-3)7-9-14/h6-9,12H,4-5,10-11H2,1-3H3,(H,18,20,21). The summed E-state index contributed by atoms with van der Waals surface area (Å²) in [5.74, 6) is 2.01. The van der Waals surface area contributed by atoms with E-state index in [4.69, 9.17) is 9.47 Å². The van der Waals surface area contributed by atoms with Crippen molar-refractivity contribution >= 4 is 22.4 Å². The number of carbonyl (C=O) groups excluding carboxylic acids is 1. The Balaban J connectivity index is 1.66. The third-order valence-electron chi connectivity index (χ3n) is 3.17. The fourth-order valence-electron chi connectivity index (χ4n) is 2.01. The Morgan fingerprint density at radius 3 is 2.58 bits per heavy atom. The number of ether oxygens (including phenoxy) is 2. The van der Waals surface area contributed by atoms with E-state index in [1.165, 1.54) is 11.3 Å². The molecule has 0 aliphatic carbocycles. The molecule has 0 fully saturated rings. The van der Waals surface area contributed by atoms with Crippen LogP contribution in [0.3, 0.4) is 0 Å². The smallest absolute Gasteiger partial charge is 0.226 e. The Hall–Kier alpha value is -2.15. The summed E-state index contributed by atoms with van der Waals surface area (Å²) >= 11 is 1.43. The van der Waals surface area contributed by atoms with Gasteiger partial charge in [0.1, 0.15) is 16.5 Å². The summed E-state index contributed by atoms with van der Waals surface area (Å²) in [4.78, 5) is 11.9. The van der Waals surface area contributed by atoms with E-state index in [1.54, 1.807) is 7.11 Å². The second-order valence-corrected chi connectivity index (χ2v) is 6.84. The SMILES string of the molecule is COc1ccc(OCCCC(=O)Nc2nnc(CC(C)C)s2)cc1. The average molecular weight is 349 g/mol. The molecule has 6 nitrogen and oxygen atoms in total. The van der Waals surface area contributed by atoms with Gasteiger partial charge in [0.2, 0.25) is 11.0 Å². The number of hydrogen-bond donors (Lipinski definition) is 1. The number of amides is 1. The zero-order valence-electron chi connectivity index (χ0n) is 14.2. The quantitative estimate of drug-likeness (QED) is 0.701. The van der Waals surface area contributed by atoms with Crippen LogP contribution in [0.25, 0.3) is 0 Å². The molecule has 2 aromatic rings. The Bertz CT molecular complexity index is 641. The molecule has 0 bridgehead atoms. The van der Waals surface area contributed by atoms with E-state index in [0.29, 0.717) is 30.5 Å². The molecule has 1 N–H and O–H groups in total. The highest BCUT2D eigenvalue weighted by atomic mass is 32.1. The normalized spacial score (nSPS) is 10.7. The fourth-order valence-corrected chi connectivity index (χ4v) is 2.98. The van der Waals surface area contributed by atoms with Gasteiger partial charge in [-0.2, -0.15) is 0 Å². The van der Waals surface area contributed by atoms with Crippen molar-refractivity contribution in [2.75, 3.05) is 19.0 Å². The van der Waals surface area contributed by atoms with E-state index in [2.05, 4.69) is 29.4 Å². The van der Waals surface area contributed by atoms with Gasteiger partial charge in [-0.3, -0.25) is 4.79 Å². The Morgan fingerprint density at radius 1 is 1.21 bits per heavy atom. The minimum absolute atomic E-state index is 0.0689. The van der Waals surface area contributed by atoms with Crippen molar-refractivity contribution in [3.05, 3.63) is 29.3 Å². The van der Waals surface area contributed by atoms with Crippen LogP contribution in [-0.2, 0) is 11.2 Å². The maximum atomic E-state index is 11.9. The number of aromatic nitrogens is 2. The minimum Gasteiger partial charge on any atom is -0.497 e. The van der Waals surface area contributed by atoms with Crippen LogP contribution in [0.1, 0.15) is 31.7 Å². The molecule has 1 heterocycles. The van der Waals surface area contributed by atoms with Gasteiger partial charge in [0.25, 0.3) is 0 Å². The van der Waals surface area contributed by atoms with Gasteiger partial charge in [0.15, 0.2) is 0 Å². The molecule has 0 aliphatic rings. The van der Waals surface area contributed by atoms with E-state index in [1.807, 2.05) is 24.3 Å². The number of rotatable bonds is 9. The number of nitrogens with one attached hydrogen (secondary N) is 1. The van der Waals surface area contributed by atoms with Gasteiger partial charge in [-0.15, -0.1) is 10.2 Å². The predicted molar refractivity (Wildman–Crippen MR) is 94.8 cm³/mol. The number of methoxy groups -OCH3 is 1. The second-order valence-electron chi connectivity index (χ2n) is 5.77. The van der Waals surface area contributed by atoms with Gasteiger partial charge in [-0.1, -0.05) is 25.2 Å².